The number of carbonyl (C=O) groups is 1. The molecule has 3 N–H and O–H groups in total. The molecule has 1 spiro atoms. The molecule has 7 nitrogen and oxygen atoms in total. The summed E-state index contributed by atoms with van der Waals surface area (Å²) in [6.45, 7) is 2.77. The first-order valence-electron chi connectivity index (χ1n) is 9.64. The monoisotopic (exact) mass is 378 g/mol. The van der Waals surface area contributed by atoms with Crippen molar-refractivity contribution in [2.24, 2.45) is 0 Å². The molecule has 0 radical (unpaired) electrons. The van der Waals surface area contributed by atoms with E-state index in [-0.39, 0.29) is 5.91 Å². The van der Waals surface area contributed by atoms with Crippen molar-refractivity contribution in [3.05, 3.63) is 29.8 Å². The topological polar surface area (TPSA) is 91.3 Å². The number of likely N-dealkylation sites (tertiary alicyclic amines) is 1. The molecule has 2 heterocycles. The van der Waals surface area contributed by atoms with Gasteiger partial charge in [0.05, 0.1) is 32.0 Å². The number of piperidine rings is 1. The van der Waals surface area contributed by atoms with Gasteiger partial charge in [0.2, 0.25) is 5.91 Å². The molecule has 0 aliphatic carbocycles. The first-order chi connectivity index (χ1) is 13.0. The predicted molar refractivity (Wildman–Crippen MR) is 101 cm³/mol. The molecule has 2 fully saturated rings. The SMILES string of the molecule is COc1ccc(CCNC(=O)CN2CCC3(CC2)OCC[C@H](O)[C@@H]3O)cc1. The van der Waals surface area contributed by atoms with Crippen molar-refractivity contribution in [1.29, 1.82) is 0 Å². The fraction of sp³-hybridized carbons (Fsp3) is 0.650. The van der Waals surface area contributed by atoms with Crippen LogP contribution in [0.25, 0.3) is 0 Å². The maximum absolute atomic E-state index is 12.2. The number of hydrogen-bond acceptors (Lipinski definition) is 6. The number of aliphatic hydroxyl groups is 2. The number of ether oxygens (including phenoxy) is 2. The second-order valence-electron chi connectivity index (χ2n) is 7.44. The van der Waals surface area contributed by atoms with Gasteiger partial charge < -0.3 is 25.0 Å². The molecular weight excluding hydrogens is 348 g/mol. The van der Waals surface area contributed by atoms with Crippen molar-refractivity contribution < 1.29 is 24.5 Å². The summed E-state index contributed by atoms with van der Waals surface area (Å²) < 4.78 is 11.0. The van der Waals surface area contributed by atoms with Crippen molar-refractivity contribution in [3.8, 4) is 5.75 Å². The summed E-state index contributed by atoms with van der Waals surface area (Å²) in [5.74, 6) is 0.829. The maximum atomic E-state index is 12.2. The third-order valence-corrected chi connectivity index (χ3v) is 5.67. The number of benzene rings is 1. The van der Waals surface area contributed by atoms with Crippen LogP contribution in [0.2, 0.25) is 0 Å². The quantitative estimate of drug-likeness (QED) is 0.661. The van der Waals surface area contributed by atoms with Crippen LogP contribution in [0.1, 0.15) is 24.8 Å². The molecule has 0 bridgehead atoms. The summed E-state index contributed by atoms with van der Waals surface area (Å²) >= 11 is 0. The van der Waals surface area contributed by atoms with Crippen LogP contribution >= 0.6 is 0 Å². The van der Waals surface area contributed by atoms with Gasteiger partial charge in [-0.05, 0) is 43.4 Å². The number of methoxy groups -OCH3 is 1. The Labute approximate surface area is 160 Å². The van der Waals surface area contributed by atoms with Gasteiger partial charge in [-0.3, -0.25) is 9.69 Å². The van der Waals surface area contributed by atoms with E-state index in [2.05, 4.69) is 10.2 Å². The van der Waals surface area contributed by atoms with E-state index in [1.165, 1.54) is 0 Å². The lowest BCUT2D eigenvalue weighted by molar-refractivity contribution is -0.214. The van der Waals surface area contributed by atoms with Crippen LogP contribution in [0.3, 0.4) is 0 Å². The number of nitrogens with one attached hydrogen (secondary N) is 1. The van der Waals surface area contributed by atoms with Crippen LogP contribution in [0.5, 0.6) is 5.75 Å². The molecule has 0 aromatic heterocycles. The minimum absolute atomic E-state index is 0.00427. The van der Waals surface area contributed by atoms with Crippen LogP contribution in [-0.4, -0.2) is 78.7 Å². The Morgan fingerprint density at radius 2 is 2.00 bits per heavy atom. The number of hydrogen-bond donors (Lipinski definition) is 3. The predicted octanol–water partition coefficient (Wildman–Crippen LogP) is 0.331. The highest BCUT2D eigenvalue weighted by Crippen LogP contribution is 2.35. The van der Waals surface area contributed by atoms with Crippen LogP contribution in [0.4, 0.5) is 0 Å². The highest BCUT2D eigenvalue weighted by molar-refractivity contribution is 5.78. The van der Waals surface area contributed by atoms with Crippen LogP contribution in [-0.2, 0) is 16.0 Å². The summed E-state index contributed by atoms with van der Waals surface area (Å²) in [5.41, 5.74) is 0.497. The zero-order valence-corrected chi connectivity index (χ0v) is 15.9. The Morgan fingerprint density at radius 3 is 2.67 bits per heavy atom. The summed E-state index contributed by atoms with van der Waals surface area (Å²) in [4.78, 5) is 14.3. The first kappa shape index (κ1) is 20.1. The van der Waals surface area contributed by atoms with Crippen molar-refractivity contribution in [2.45, 2.75) is 43.5 Å². The smallest absolute Gasteiger partial charge is 0.234 e. The lowest BCUT2D eigenvalue weighted by Gasteiger charge is -2.48. The molecule has 2 atom stereocenters. The highest BCUT2D eigenvalue weighted by atomic mass is 16.5. The van der Waals surface area contributed by atoms with E-state index in [1.807, 2.05) is 24.3 Å². The van der Waals surface area contributed by atoms with Gasteiger partial charge in [-0.25, -0.2) is 0 Å². The van der Waals surface area contributed by atoms with Gasteiger partial charge in [0.15, 0.2) is 0 Å². The molecular formula is C20H30N2O5. The third kappa shape index (κ3) is 4.99. The zero-order chi connectivity index (χ0) is 19.3. The minimum Gasteiger partial charge on any atom is -0.497 e. The van der Waals surface area contributed by atoms with Gasteiger partial charge in [0.25, 0.3) is 0 Å². The van der Waals surface area contributed by atoms with Gasteiger partial charge in [0, 0.05) is 19.6 Å². The van der Waals surface area contributed by atoms with Gasteiger partial charge in [-0.1, -0.05) is 12.1 Å². The summed E-state index contributed by atoms with van der Waals surface area (Å²) in [6.07, 6.45) is 0.951. The van der Waals surface area contributed by atoms with Crippen LogP contribution < -0.4 is 10.1 Å². The molecule has 1 amide bonds. The molecule has 2 saturated heterocycles. The van der Waals surface area contributed by atoms with Gasteiger partial charge in [-0.15, -0.1) is 0 Å². The fourth-order valence-corrected chi connectivity index (χ4v) is 3.90. The summed E-state index contributed by atoms with van der Waals surface area (Å²) in [6, 6.07) is 7.83. The third-order valence-electron chi connectivity index (χ3n) is 5.67. The average molecular weight is 378 g/mol. The Balaban J connectivity index is 1.38. The molecule has 3 rings (SSSR count). The average Bonchev–Trinajstić information content (AvgIpc) is 2.68. The van der Waals surface area contributed by atoms with E-state index >= 15 is 0 Å². The largest absolute Gasteiger partial charge is 0.497 e. The van der Waals surface area contributed by atoms with E-state index in [0.717, 1.165) is 17.7 Å². The summed E-state index contributed by atoms with van der Waals surface area (Å²) in [5, 5.41) is 23.2. The standard InChI is InChI=1S/C20H30N2O5/c1-26-16-4-2-15(3-5-16)6-10-21-18(24)14-22-11-8-20(9-12-22)19(25)17(23)7-13-27-20/h2-5,17,19,23,25H,6-14H2,1H3,(H,21,24)/t17-,19-/m0/s1. The number of rotatable bonds is 6. The highest BCUT2D eigenvalue weighted by Gasteiger charge is 2.47. The fourth-order valence-electron chi connectivity index (χ4n) is 3.90. The molecule has 0 saturated carbocycles. The first-order valence-corrected chi connectivity index (χ1v) is 9.64. The van der Waals surface area contributed by atoms with Crippen LogP contribution in [0.15, 0.2) is 24.3 Å². The number of nitrogens with zero attached hydrogens (tertiary/aromatic N) is 1. The second kappa shape index (κ2) is 9.01. The molecule has 7 heteroatoms. The lowest BCUT2D eigenvalue weighted by atomic mass is 9.80. The molecule has 27 heavy (non-hydrogen) atoms. The minimum atomic E-state index is -0.841. The van der Waals surface area contributed by atoms with Gasteiger partial charge in [0.1, 0.15) is 11.9 Å². The van der Waals surface area contributed by atoms with E-state index < -0.39 is 17.8 Å². The zero-order valence-electron chi connectivity index (χ0n) is 15.9. The second-order valence-corrected chi connectivity index (χ2v) is 7.44. The van der Waals surface area contributed by atoms with Crippen LogP contribution in [0, 0.1) is 0 Å². The molecule has 0 unspecified atom stereocenters. The van der Waals surface area contributed by atoms with Crippen molar-refractivity contribution in [3.63, 3.8) is 0 Å². The van der Waals surface area contributed by atoms with Gasteiger partial charge >= 0.3 is 0 Å². The van der Waals surface area contributed by atoms with E-state index in [0.29, 0.717) is 52.0 Å². The maximum Gasteiger partial charge on any atom is 0.234 e. The molecule has 2 aliphatic heterocycles. The van der Waals surface area contributed by atoms with Gasteiger partial charge in [-0.2, -0.15) is 0 Å². The Kier molecular flexibility index (Phi) is 6.70. The number of aliphatic hydroxyl groups excluding tert-OH is 2. The van der Waals surface area contributed by atoms with Crippen molar-refractivity contribution in [2.75, 3.05) is 39.9 Å². The van der Waals surface area contributed by atoms with E-state index in [1.54, 1.807) is 7.11 Å². The lowest BCUT2D eigenvalue weighted by Crippen LogP contribution is -2.60. The molecule has 1 aromatic carbocycles. The molecule has 150 valence electrons. The van der Waals surface area contributed by atoms with E-state index in [4.69, 9.17) is 9.47 Å². The van der Waals surface area contributed by atoms with Crippen molar-refractivity contribution in [1.82, 2.24) is 10.2 Å². The number of carbonyl (C=O) groups excluding carboxylic acids is 1. The Hall–Kier alpha value is -1.67. The Bertz CT molecular complexity index is 613. The molecule has 1 aromatic rings. The van der Waals surface area contributed by atoms with Crippen molar-refractivity contribution >= 4 is 5.91 Å². The Morgan fingerprint density at radius 1 is 1.30 bits per heavy atom. The normalized spacial score (nSPS) is 25.3. The molecule has 2 aliphatic rings. The van der Waals surface area contributed by atoms with E-state index in [9.17, 15) is 15.0 Å². The number of amides is 1. The summed E-state index contributed by atoms with van der Waals surface area (Å²) in [7, 11) is 1.64.